The number of para-hydroxylation sites is 1. The molecule has 2 nitrogen and oxygen atoms in total. The molecular weight excluding hydrogens is 354 g/mol. The molecule has 4 aromatic rings. The number of rotatable bonds is 7. The number of unbranched alkanes of at least 4 members (excludes halogenated alkanes) is 2. The minimum atomic E-state index is 0.120. The lowest BCUT2D eigenvalue weighted by molar-refractivity contribution is 0.104. The van der Waals surface area contributed by atoms with Gasteiger partial charge in [0, 0.05) is 28.2 Å². The summed E-state index contributed by atoms with van der Waals surface area (Å²) in [5.74, 6) is 0.120. The Labute approximate surface area is 173 Å². The first kappa shape index (κ1) is 19.4. The molecule has 0 spiro atoms. The molecule has 1 atom stereocenters. The van der Waals surface area contributed by atoms with E-state index in [9.17, 15) is 4.79 Å². The van der Waals surface area contributed by atoms with Gasteiger partial charge in [-0.25, -0.2) is 0 Å². The van der Waals surface area contributed by atoms with Gasteiger partial charge in [0.1, 0.15) is 0 Å². The van der Waals surface area contributed by atoms with Crippen molar-refractivity contribution in [1.29, 1.82) is 0 Å². The SMILES string of the molecule is CCCCC[C@H](C)n1c(C)c(C(=O)c2cccc3ccccc23)c2ccccc21. The van der Waals surface area contributed by atoms with Crippen LogP contribution in [0.5, 0.6) is 0 Å². The van der Waals surface area contributed by atoms with Gasteiger partial charge in [-0.2, -0.15) is 0 Å². The van der Waals surface area contributed by atoms with Crippen LogP contribution in [0.2, 0.25) is 0 Å². The molecule has 0 aliphatic carbocycles. The van der Waals surface area contributed by atoms with Gasteiger partial charge in [-0.1, -0.05) is 86.8 Å². The summed E-state index contributed by atoms with van der Waals surface area (Å²) in [6, 6.07) is 22.9. The number of aromatic nitrogens is 1. The Bertz CT molecular complexity index is 1160. The summed E-state index contributed by atoms with van der Waals surface area (Å²) >= 11 is 0. The molecule has 1 aromatic heterocycles. The van der Waals surface area contributed by atoms with Crippen molar-refractivity contribution in [3.63, 3.8) is 0 Å². The van der Waals surface area contributed by atoms with Crippen LogP contribution < -0.4 is 0 Å². The second-order valence-electron chi connectivity index (χ2n) is 8.05. The predicted molar refractivity (Wildman–Crippen MR) is 123 cm³/mol. The summed E-state index contributed by atoms with van der Waals surface area (Å²) in [6.45, 7) is 6.62. The molecule has 0 aliphatic heterocycles. The molecule has 0 N–H and O–H groups in total. The Kier molecular flexibility index (Phi) is 5.53. The van der Waals surface area contributed by atoms with E-state index in [0.29, 0.717) is 6.04 Å². The summed E-state index contributed by atoms with van der Waals surface area (Å²) in [7, 11) is 0. The highest BCUT2D eigenvalue weighted by Crippen LogP contribution is 2.33. The lowest BCUT2D eigenvalue weighted by Gasteiger charge is -2.18. The highest BCUT2D eigenvalue weighted by Gasteiger charge is 2.24. The monoisotopic (exact) mass is 383 g/mol. The zero-order valence-electron chi connectivity index (χ0n) is 17.6. The van der Waals surface area contributed by atoms with E-state index in [1.54, 1.807) is 0 Å². The Morgan fingerprint density at radius 2 is 1.59 bits per heavy atom. The molecule has 1 heterocycles. The zero-order chi connectivity index (χ0) is 20.4. The lowest BCUT2D eigenvalue weighted by atomic mass is 9.95. The minimum Gasteiger partial charge on any atom is -0.341 e. The van der Waals surface area contributed by atoms with Gasteiger partial charge in [0.25, 0.3) is 0 Å². The van der Waals surface area contributed by atoms with E-state index in [2.05, 4.69) is 55.7 Å². The molecular formula is C27H29NO. The number of ketones is 1. The van der Waals surface area contributed by atoms with E-state index in [-0.39, 0.29) is 5.78 Å². The van der Waals surface area contributed by atoms with Crippen LogP contribution in [-0.4, -0.2) is 10.4 Å². The normalized spacial score (nSPS) is 12.5. The number of hydrogen-bond acceptors (Lipinski definition) is 1. The van der Waals surface area contributed by atoms with Gasteiger partial charge < -0.3 is 4.57 Å². The number of benzene rings is 3. The summed E-state index contributed by atoms with van der Waals surface area (Å²) in [4.78, 5) is 13.8. The van der Waals surface area contributed by atoms with Crippen LogP contribution in [-0.2, 0) is 0 Å². The maximum atomic E-state index is 13.8. The number of hydrogen-bond donors (Lipinski definition) is 0. The molecule has 0 unspecified atom stereocenters. The fourth-order valence-corrected chi connectivity index (χ4v) is 4.62. The third-order valence-electron chi connectivity index (χ3n) is 6.08. The van der Waals surface area contributed by atoms with Crippen LogP contribution >= 0.6 is 0 Å². The van der Waals surface area contributed by atoms with Gasteiger partial charge in [-0.15, -0.1) is 0 Å². The van der Waals surface area contributed by atoms with Crippen molar-refractivity contribution < 1.29 is 4.79 Å². The van der Waals surface area contributed by atoms with Gasteiger partial charge in [0.05, 0.1) is 5.56 Å². The topological polar surface area (TPSA) is 22.0 Å². The maximum absolute atomic E-state index is 13.8. The molecule has 148 valence electrons. The first-order valence-corrected chi connectivity index (χ1v) is 10.8. The highest BCUT2D eigenvalue weighted by molar-refractivity contribution is 6.22. The van der Waals surface area contributed by atoms with E-state index < -0.39 is 0 Å². The van der Waals surface area contributed by atoms with Gasteiger partial charge in [0.2, 0.25) is 0 Å². The summed E-state index contributed by atoms with van der Waals surface area (Å²) in [6.07, 6.45) is 4.83. The standard InChI is InChI=1S/C27H29NO/c1-4-5-6-12-19(2)28-20(3)26(24-16-9-10-18-25(24)28)27(29)23-17-11-14-21-13-7-8-15-22(21)23/h7-11,13-19H,4-6,12H2,1-3H3/t19-/m0/s1. The molecule has 2 heteroatoms. The first-order chi connectivity index (χ1) is 14.1. The number of nitrogens with zero attached hydrogens (tertiary/aromatic N) is 1. The average Bonchev–Trinajstić information content (AvgIpc) is 3.04. The second kappa shape index (κ2) is 8.24. The zero-order valence-corrected chi connectivity index (χ0v) is 17.6. The second-order valence-corrected chi connectivity index (χ2v) is 8.05. The van der Waals surface area contributed by atoms with Gasteiger partial charge >= 0.3 is 0 Å². The summed E-state index contributed by atoms with van der Waals surface area (Å²) in [5.41, 5.74) is 3.87. The van der Waals surface area contributed by atoms with Crippen LogP contribution in [0.25, 0.3) is 21.7 Å². The van der Waals surface area contributed by atoms with Crippen molar-refractivity contribution in [2.45, 2.75) is 52.5 Å². The molecule has 4 rings (SSSR count). The molecule has 0 saturated heterocycles. The van der Waals surface area contributed by atoms with Crippen molar-refractivity contribution in [3.05, 3.63) is 83.6 Å². The largest absolute Gasteiger partial charge is 0.341 e. The van der Waals surface area contributed by atoms with Crippen LogP contribution in [0.15, 0.2) is 66.7 Å². The fraction of sp³-hybridized carbons (Fsp3) is 0.296. The molecule has 3 aromatic carbocycles. The van der Waals surface area contributed by atoms with Crippen LogP contribution in [0.3, 0.4) is 0 Å². The highest BCUT2D eigenvalue weighted by atomic mass is 16.1. The summed E-state index contributed by atoms with van der Waals surface area (Å²) in [5, 5.41) is 3.19. The maximum Gasteiger partial charge on any atom is 0.196 e. The van der Waals surface area contributed by atoms with Gasteiger partial charge in [0.15, 0.2) is 5.78 Å². The number of carbonyl (C=O) groups excluding carboxylic acids is 1. The van der Waals surface area contributed by atoms with E-state index in [1.807, 2.05) is 36.4 Å². The molecule has 0 radical (unpaired) electrons. The van der Waals surface area contributed by atoms with Crippen molar-refractivity contribution in [1.82, 2.24) is 4.57 Å². The van der Waals surface area contributed by atoms with Crippen LogP contribution in [0, 0.1) is 6.92 Å². The Hall–Kier alpha value is -2.87. The average molecular weight is 384 g/mol. The Balaban J connectivity index is 1.86. The summed E-state index contributed by atoms with van der Waals surface area (Å²) < 4.78 is 2.38. The van der Waals surface area contributed by atoms with Crippen molar-refractivity contribution in [3.8, 4) is 0 Å². The number of carbonyl (C=O) groups is 1. The van der Waals surface area contributed by atoms with E-state index in [1.165, 1.54) is 19.3 Å². The van der Waals surface area contributed by atoms with E-state index in [0.717, 1.165) is 44.9 Å². The molecule has 0 bridgehead atoms. The molecule has 0 saturated carbocycles. The fourth-order valence-electron chi connectivity index (χ4n) is 4.62. The first-order valence-electron chi connectivity index (χ1n) is 10.8. The smallest absolute Gasteiger partial charge is 0.196 e. The van der Waals surface area contributed by atoms with E-state index in [4.69, 9.17) is 0 Å². The van der Waals surface area contributed by atoms with Crippen molar-refractivity contribution in [2.24, 2.45) is 0 Å². The van der Waals surface area contributed by atoms with Crippen molar-refractivity contribution >= 4 is 27.5 Å². The van der Waals surface area contributed by atoms with Crippen LogP contribution in [0.1, 0.15) is 67.2 Å². The number of fused-ring (bicyclic) bond motifs is 2. The lowest BCUT2D eigenvalue weighted by Crippen LogP contribution is -2.09. The van der Waals surface area contributed by atoms with E-state index >= 15 is 0 Å². The van der Waals surface area contributed by atoms with Gasteiger partial charge in [-0.3, -0.25) is 4.79 Å². The molecule has 0 amide bonds. The molecule has 0 aliphatic rings. The predicted octanol–water partition coefficient (Wildman–Crippen LogP) is 7.48. The molecule has 29 heavy (non-hydrogen) atoms. The Morgan fingerprint density at radius 3 is 2.38 bits per heavy atom. The minimum absolute atomic E-state index is 0.120. The third-order valence-corrected chi connectivity index (χ3v) is 6.08. The van der Waals surface area contributed by atoms with Crippen LogP contribution in [0.4, 0.5) is 0 Å². The van der Waals surface area contributed by atoms with Crippen molar-refractivity contribution in [2.75, 3.05) is 0 Å². The Morgan fingerprint density at radius 1 is 0.897 bits per heavy atom. The quantitative estimate of drug-likeness (QED) is 0.239. The van der Waals surface area contributed by atoms with Gasteiger partial charge in [-0.05, 0) is 37.1 Å². The molecule has 0 fully saturated rings. The third kappa shape index (κ3) is 3.48.